The van der Waals surface area contributed by atoms with Crippen molar-refractivity contribution in [2.24, 2.45) is 0 Å². The molecule has 1 heterocycles. The van der Waals surface area contributed by atoms with Gasteiger partial charge in [0.1, 0.15) is 0 Å². The number of methoxy groups -OCH3 is 2. The molecular formula is C19H23NO4. The van der Waals surface area contributed by atoms with Crippen LogP contribution in [-0.4, -0.2) is 38.1 Å². The predicted molar refractivity (Wildman–Crippen MR) is 91.1 cm³/mol. The van der Waals surface area contributed by atoms with Crippen LogP contribution in [0, 0.1) is 6.92 Å². The maximum absolute atomic E-state index is 12.5. The van der Waals surface area contributed by atoms with Crippen LogP contribution in [0.25, 0.3) is 0 Å². The van der Waals surface area contributed by atoms with E-state index in [-0.39, 0.29) is 0 Å². The van der Waals surface area contributed by atoms with E-state index < -0.39 is 17.9 Å². The second-order valence-corrected chi connectivity index (χ2v) is 5.88. The average Bonchev–Trinajstić information content (AvgIpc) is 2.59. The Hall–Kier alpha value is -2.56. The Morgan fingerprint density at radius 1 is 0.875 bits per heavy atom. The second kappa shape index (κ2) is 6.91. The van der Waals surface area contributed by atoms with Gasteiger partial charge >= 0.3 is 11.9 Å². The van der Waals surface area contributed by atoms with Crippen LogP contribution in [0.1, 0.15) is 30.9 Å². The van der Waals surface area contributed by atoms with Gasteiger partial charge in [0.25, 0.3) is 0 Å². The van der Waals surface area contributed by atoms with Crippen LogP contribution in [0.3, 0.4) is 0 Å². The van der Waals surface area contributed by atoms with Gasteiger partial charge in [0.2, 0.25) is 0 Å². The number of hydrogen-bond acceptors (Lipinski definition) is 5. The number of rotatable bonds is 3. The number of nitrogens with zero attached hydrogens (tertiary/aromatic N) is 1. The Labute approximate surface area is 142 Å². The van der Waals surface area contributed by atoms with Crippen molar-refractivity contribution in [1.29, 1.82) is 0 Å². The second-order valence-electron chi connectivity index (χ2n) is 5.88. The molecule has 5 nitrogen and oxygen atoms in total. The highest BCUT2D eigenvalue weighted by atomic mass is 16.5. The van der Waals surface area contributed by atoms with Crippen LogP contribution in [0.15, 0.2) is 46.8 Å². The lowest BCUT2D eigenvalue weighted by atomic mass is 9.79. The zero-order chi connectivity index (χ0) is 18.0. The van der Waals surface area contributed by atoms with Gasteiger partial charge in [-0.3, -0.25) is 0 Å². The lowest BCUT2D eigenvalue weighted by Gasteiger charge is -2.35. The third kappa shape index (κ3) is 2.94. The van der Waals surface area contributed by atoms with Crippen molar-refractivity contribution < 1.29 is 19.1 Å². The number of hydrogen-bond donors (Lipinski definition) is 0. The van der Waals surface area contributed by atoms with Gasteiger partial charge in [-0.05, 0) is 26.3 Å². The lowest BCUT2D eigenvalue weighted by molar-refractivity contribution is -0.137. The largest absolute Gasteiger partial charge is 0.466 e. The number of allylic oxidation sites excluding steroid dienone is 2. The van der Waals surface area contributed by atoms with Crippen molar-refractivity contribution in [3.8, 4) is 0 Å². The van der Waals surface area contributed by atoms with Crippen molar-refractivity contribution in [3.05, 3.63) is 57.9 Å². The Balaban J connectivity index is 2.74. The van der Waals surface area contributed by atoms with Gasteiger partial charge in [-0.15, -0.1) is 0 Å². The lowest BCUT2D eigenvalue weighted by Crippen LogP contribution is -2.33. The van der Waals surface area contributed by atoms with Crippen LogP contribution in [0.5, 0.6) is 0 Å². The Bertz CT molecular complexity index is 688. The molecule has 1 aromatic carbocycles. The zero-order valence-corrected chi connectivity index (χ0v) is 15.0. The molecule has 0 radical (unpaired) electrons. The van der Waals surface area contributed by atoms with Crippen molar-refractivity contribution >= 4 is 11.9 Å². The summed E-state index contributed by atoms with van der Waals surface area (Å²) in [4.78, 5) is 26.7. The minimum absolute atomic E-state index is 0.446. The van der Waals surface area contributed by atoms with E-state index in [1.807, 2.05) is 57.0 Å². The molecule has 0 N–H and O–H groups in total. The summed E-state index contributed by atoms with van der Waals surface area (Å²) in [6.07, 6.45) is 0. The van der Waals surface area contributed by atoms with Crippen molar-refractivity contribution in [2.75, 3.05) is 21.3 Å². The fourth-order valence-corrected chi connectivity index (χ4v) is 3.02. The van der Waals surface area contributed by atoms with E-state index in [0.29, 0.717) is 11.1 Å². The van der Waals surface area contributed by atoms with Gasteiger partial charge in [0.15, 0.2) is 0 Å². The molecule has 2 rings (SSSR count). The van der Waals surface area contributed by atoms with Gasteiger partial charge in [0.05, 0.1) is 31.3 Å². The van der Waals surface area contributed by atoms with Crippen LogP contribution < -0.4 is 0 Å². The summed E-state index contributed by atoms with van der Waals surface area (Å²) in [7, 11) is 4.51. The third-order valence-electron chi connectivity index (χ3n) is 4.58. The molecule has 0 unspecified atom stereocenters. The molecule has 0 aliphatic carbocycles. The summed E-state index contributed by atoms with van der Waals surface area (Å²) < 4.78 is 9.97. The summed E-state index contributed by atoms with van der Waals surface area (Å²) in [6, 6.07) is 7.78. The quantitative estimate of drug-likeness (QED) is 0.798. The molecule has 0 saturated carbocycles. The first-order valence-corrected chi connectivity index (χ1v) is 7.71. The predicted octanol–water partition coefficient (Wildman–Crippen LogP) is 2.92. The third-order valence-corrected chi connectivity index (χ3v) is 4.58. The standard InChI is InChI=1S/C19H23NO4/c1-11-7-9-14(10-8-11)17-15(18(21)23-5)12(2)20(4)13(3)16(17)19(22)24-6/h7-10,17H,1-6H3. The zero-order valence-electron chi connectivity index (χ0n) is 15.0. The topological polar surface area (TPSA) is 55.8 Å². The number of ether oxygens (including phenoxy) is 2. The molecule has 1 aromatic rings. The maximum Gasteiger partial charge on any atom is 0.336 e. The highest BCUT2D eigenvalue weighted by Crippen LogP contribution is 2.42. The first kappa shape index (κ1) is 17.8. The van der Waals surface area contributed by atoms with Gasteiger partial charge < -0.3 is 14.4 Å². The van der Waals surface area contributed by atoms with Crippen LogP contribution in [0.4, 0.5) is 0 Å². The fourth-order valence-electron chi connectivity index (χ4n) is 3.02. The van der Waals surface area contributed by atoms with Gasteiger partial charge in [0, 0.05) is 18.4 Å². The molecule has 1 aliphatic heterocycles. The van der Waals surface area contributed by atoms with E-state index in [2.05, 4.69) is 0 Å². The van der Waals surface area contributed by atoms with Gasteiger partial charge in [-0.1, -0.05) is 29.8 Å². The molecule has 0 amide bonds. The van der Waals surface area contributed by atoms with Gasteiger partial charge in [-0.2, -0.15) is 0 Å². The minimum atomic E-state index is -0.512. The van der Waals surface area contributed by atoms with Crippen molar-refractivity contribution in [2.45, 2.75) is 26.7 Å². The Morgan fingerprint density at radius 2 is 1.29 bits per heavy atom. The van der Waals surface area contributed by atoms with Crippen LogP contribution in [0.2, 0.25) is 0 Å². The Morgan fingerprint density at radius 3 is 1.67 bits per heavy atom. The highest BCUT2D eigenvalue weighted by molar-refractivity contribution is 5.99. The number of esters is 2. The molecule has 0 bridgehead atoms. The van der Waals surface area contributed by atoms with E-state index in [4.69, 9.17) is 9.47 Å². The molecule has 128 valence electrons. The van der Waals surface area contributed by atoms with E-state index in [1.165, 1.54) is 14.2 Å². The van der Waals surface area contributed by atoms with E-state index >= 15 is 0 Å². The summed E-state index contributed by atoms with van der Waals surface area (Å²) in [6.45, 7) is 5.69. The molecular weight excluding hydrogens is 306 g/mol. The first-order valence-electron chi connectivity index (χ1n) is 7.71. The number of benzene rings is 1. The van der Waals surface area contributed by atoms with E-state index in [1.54, 1.807) is 0 Å². The first-order chi connectivity index (χ1) is 11.3. The molecule has 0 aromatic heterocycles. The molecule has 0 atom stereocenters. The summed E-state index contributed by atoms with van der Waals surface area (Å²) in [5, 5.41) is 0. The molecule has 0 saturated heterocycles. The summed E-state index contributed by atoms with van der Waals surface area (Å²) >= 11 is 0. The number of carbonyl (C=O) groups excluding carboxylic acids is 2. The fraction of sp³-hybridized carbons (Fsp3) is 0.368. The molecule has 0 fully saturated rings. The van der Waals surface area contributed by atoms with E-state index in [9.17, 15) is 9.59 Å². The van der Waals surface area contributed by atoms with Crippen molar-refractivity contribution in [3.63, 3.8) is 0 Å². The number of carbonyl (C=O) groups is 2. The smallest absolute Gasteiger partial charge is 0.336 e. The number of aryl methyl sites for hydroxylation is 1. The molecule has 24 heavy (non-hydrogen) atoms. The van der Waals surface area contributed by atoms with Gasteiger partial charge in [-0.25, -0.2) is 9.59 Å². The van der Waals surface area contributed by atoms with Crippen LogP contribution in [-0.2, 0) is 19.1 Å². The summed E-state index contributed by atoms with van der Waals surface area (Å²) in [5.41, 5.74) is 4.39. The van der Waals surface area contributed by atoms with Crippen LogP contribution >= 0.6 is 0 Å². The van der Waals surface area contributed by atoms with Crippen molar-refractivity contribution in [1.82, 2.24) is 4.90 Å². The monoisotopic (exact) mass is 329 g/mol. The summed E-state index contributed by atoms with van der Waals surface area (Å²) in [5.74, 6) is -1.40. The normalized spacial score (nSPS) is 15.7. The Kier molecular flexibility index (Phi) is 5.12. The molecule has 1 aliphatic rings. The SMILES string of the molecule is COC(=O)C1=C(C)N(C)C(C)=C(C(=O)OC)C1c1ccc(C)cc1. The average molecular weight is 329 g/mol. The highest BCUT2D eigenvalue weighted by Gasteiger charge is 2.39. The van der Waals surface area contributed by atoms with E-state index in [0.717, 1.165) is 22.5 Å². The molecule has 5 heteroatoms. The molecule has 0 spiro atoms. The minimum Gasteiger partial charge on any atom is -0.466 e. The maximum atomic E-state index is 12.5.